The Kier molecular flexibility index (Phi) is 4.90. The van der Waals surface area contributed by atoms with Crippen LogP contribution in [0.4, 0.5) is 5.69 Å². The number of carbonyl (C=O) groups excluding carboxylic acids is 1. The largest absolute Gasteiger partial charge is 0.321 e. The van der Waals surface area contributed by atoms with Gasteiger partial charge in [-0.3, -0.25) is 4.79 Å². The summed E-state index contributed by atoms with van der Waals surface area (Å²) in [6.45, 7) is 0. The zero-order valence-electron chi connectivity index (χ0n) is 10.9. The van der Waals surface area contributed by atoms with E-state index >= 15 is 0 Å². The Morgan fingerprint density at radius 1 is 1.14 bits per heavy atom. The van der Waals surface area contributed by atoms with E-state index in [9.17, 15) is 13.2 Å². The molecule has 0 spiro atoms. The van der Waals surface area contributed by atoms with Gasteiger partial charge < -0.3 is 5.32 Å². The van der Waals surface area contributed by atoms with Gasteiger partial charge in [-0.25, -0.2) is 8.42 Å². The van der Waals surface area contributed by atoms with Crippen LogP contribution in [0.15, 0.2) is 47.4 Å². The summed E-state index contributed by atoms with van der Waals surface area (Å²) in [4.78, 5) is 12.3. The average Bonchev–Trinajstić information content (AvgIpc) is 2.41. The summed E-state index contributed by atoms with van der Waals surface area (Å²) in [6.07, 6.45) is 1.12. The van der Waals surface area contributed by atoms with Crippen LogP contribution in [-0.4, -0.2) is 20.6 Å². The van der Waals surface area contributed by atoms with Gasteiger partial charge in [0, 0.05) is 20.4 Å². The first kappa shape index (κ1) is 16.3. The number of hydrogen-bond acceptors (Lipinski definition) is 3. The Morgan fingerprint density at radius 2 is 1.76 bits per heavy atom. The maximum Gasteiger partial charge on any atom is 0.255 e. The predicted molar refractivity (Wildman–Crippen MR) is 91.7 cm³/mol. The van der Waals surface area contributed by atoms with Gasteiger partial charge in [0.15, 0.2) is 9.84 Å². The van der Waals surface area contributed by atoms with Crippen LogP contribution < -0.4 is 5.32 Å². The van der Waals surface area contributed by atoms with Gasteiger partial charge in [0.2, 0.25) is 0 Å². The number of carbonyl (C=O) groups is 1. The van der Waals surface area contributed by atoms with Crippen LogP contribution in [0.3, 0.4) is 0 Å². The lowest BCUT2D eigenvalue weighted by atomic mass is 10.2. The Morgan fingerprint density at radius 3 is 2.29 bits per heavy atom. The fourth-order valence-electron chi connectivity index (χ4n) is 1.64. The van der Waals surface area contributed by atoms with E-state index < -0.39 is 9.84 Å². The minimum atomic E-state index is -3.26. The SMILES string of the molecule is CS(=O)(=O)c1ccc(C(=O)Nc2ccc(Cl)cc2I)cc1. The monoisotopic (exact) mass is 435 g/mol. The number of sulfone groups is 1. The molecular formula is C14H11ClINO3S. The van der Waals surface area contributed by atoms with Crippen molar-refractivity contribution in [2.75, 3.05) is 11.6 Å². The number of benzene rings is 2. The number of anilines is 1. The van der Waals surface area contributed by atoms with E-state index in [2.05, 4.69) is 27.9 Å². The number of halogens is 2. The van der Waals surface area contributed by atoms with Crippen molar-refractivity contribution in [3.05, 3.63) is 56.6 Å². The molecule has 0 aliphatic rings. The van der Waals surface area contributed by atoms with Crippen LogP contribution in [0.5, 0.6) is 0 Å². The van der Waals surface area contributed by atoms with Crippen molar-refractivity contribution in [3.8, 4) is 0 Å². The maximum atomic E-state index is 12.1. The molecule has 0 aromatic heterocycles. The van der Waals surface area contributed by atoms with Crippen LogP contribution >= 0.6 is 34.2 Å². The van der Waals surface area contributed by atoms with Crippen molar-refractivity contribution >= 4 is 55.6 Å². The summed E-state index contributed by atoms with van der Waals surface area (Å²) in [5, 5.41) is 3.35. The van der Waals surface area contributed by atoms with E-state index in [0.717, 1.165) is 9.83 Å². The Labute approximate surface area is 141 Å². The molecule has 1 amide bonds. The lowest BCUT2D eigenvalue weighted by molar-refractivity contribution is 0.102. The first-order valence-electron chi connectivity index (χ1n) is 5.84. The fourth-order valence-corrected chi connectivity index (χ4v) is 3.28. The second-order valence-electron chi connectivity index (χ2n) is 4.37. The quantitative estimate of drug-likeness (QED) is 0.749. The Bertz CT molecular complexity index is 788. The van der Waals surface area contributed by atoms with Gasteiger partial charge in [-0.1, -0.05) is 11.6 Å². The second kappa shape index (κ2) is 6.33. The highest BCUT2D eigenvalue weighted by Crippen LogP contribution is 2.23. The number of rotatable bonds is 3. The van der Waals surface area contributed by atoms with Crippen LogP contribution in [0.1, 0.15) is 10.4 Å². The lowest BCUT2D eigenvalue weighted by Crippen LogP contribution is -2.13. The molecule has 2 aromatic carbocycles. The average molecular weight is 436 g/mol. The molecule has 0 bridgehead atoms. The first-order chi connectivity index (χ1) is 9.77. The first-order valence-corrected chi connectivity index (χ1v) is 9.19. The third-order valence-electron chi connectivity index (χ3n) is 2.72. The van der Waals surface area contributed by atoms with Crippen LogP contribution in [0.25, 0.3) is 0 Å². The number of amides is 1. The smallest absolute Gasteiger partial charge is 0.255 e. The molecule has 0 radical (unpaired) electrons. The van der Waals surface area contributed by atoms with Crippen molar-refractivity contribution in [1.82, 2.24) is 0 Å². The molecule has 110 valence electrons. The predicted octanol–water partition coefficient (Wildman–Crippen LogP) is 3.60. The highest BCUT2D eigenvalue weighted by atomic mass is 127. The molecule has 0 aliphatic carbocycles. The number of hydrogen-bond donors (Lipinski definition) is 1. The van der Waals surface area contributed by atoms with Gasteiger partial charge in [-0.2, -0.15) is 0 Å². The van der Waals surface area contributed by atoms with Gasteiger partial charge in [-0.15, -0.1) is 0 Å². The highest BCUT2D eigenvalue weighted by molar-refractivity contribution is 14.1. The molecule has 0 saturated heterocycles. The minimum absolute atomic E-state index is 0.181. The van der Waals surface area contributed by atoms with Crippen molar-refractivity contribution in [3.63, 3.8) is 0 Å². The summed E-state index contributed by atoms with van der Waals surface area (Å²) >= 11 is 7.93. The van der Waals surface area contributed by atoms with E-state index in [1.54, 1.807) is 18.2 Å². The van der Waals surface area contributed by atoms with Gasteiger partial charge in [0.25, 0.3) is 5.91 Å². The lowest BCUT2D eigenvalue weighted by Gasteiger charge is -2.08. The molecule has 7 heteroatoms. The van der Waals surface area contributed by atoms with E-state index in [4.69, 9.17) is 11.6 Å². The van der Waals surface area contributed by atoms with E-state index in [-0.39, 0.29) is 10.8 Å². The molecule has 0 saturated carbocycles. The third kappa shape index (κ3) is 4.18. The highest BCUT2D eigenvalue weighted by Gasteiger charge is 2.11. The summed E-state index contributed by atoms with van der Waals surface area (Å²) in [6, 6.07) is 10.9. The topological polar surface area (TPSA) is 63.2 Å². The van der Waals surface area contributed by atoms with Crippen LogP contribution in [0.2, 0.25) is 5.02 Å². The molecule has 0 heterocycles. The third-order valence-corrected chi connectivity index (χ3v) is 4.98. The molecule has 1 N–H and O–H groups in total. The minimum Gasteiger partial charge on any atom is -0.321 e. The van der Waals surface area contributed by atoms with Gasteiger partial charge in [-0.05, 0) is 65.1 Å². The van der Waals surface area contributed by atoms with Gasteiger partial charge in [0.1, 0.15) is 0 Å². The van der Waals surface area contributed by atoms with Crippen LogP contribution in [0, 0.1) is 3.57 Å². The Hall–Kier alpha value is -1.12. The molecule has 0 unspecified atom stereocenters. The van der Waals surface area contributed by atoms with Crippen molar-refractivity contribution in [2.45, 2.75) is 4.90 Å². The second-order valence-corrected chi connectivity index (χ2v) is 7.99. The zero-order chi connectivity index (χ0) is 15.6. The molecule has 0 aliphatic heterocycles. The zero-order valence-corrected chi connectivity index (χ0v) is 14.7. The van der Waals surface area contributed by atoms with E-state index in [1.807, 2.05) is 0 Å². The van der Waals surface area contributed by atoms with Crippen molar-refractivity contribution in [2.24, 2.45) is 0 Å². The molecule has 0 fully saturated rings. The maximum absolute atomic E-state index is 12.1. The standard InChI is InChI=1S/C14H11ClINO3S/c1-21(19,20)11-5-2-9(3-6-11)14(18)17-13-7-4-10(15)8-12(13)16/h2-8H,1H3,(H,17,18). The molecule has 2 rings (SSSR count). The number of nitrogens with one attached hydrogen (secondary N) is 1. The van der Waals surface area contributed by atoms with Crippen molar-refractivity contribution in [1.29, 1.82) is 0 Å². The van der Waals surface area contributed by atoms with E-state index in [1.165, 1.54) is 24.3 Å². The molecule has 21 heavy (non-hydrogen) atoms. The van der Waals surface area contributed by atoms with E-state index in [0.29, 0.717) is 16.3 Å². The fraction of sp³-hybridized carbons (Fsp3) is 0.0714. The summed E-state index contributed by atoms with van der Waals surface area (Å²) < 4.78 is 23.6. The summed E-state index contributed by atoms with van der Waals surface area (Å²) in [7, 11) is -3.26. The molecule has 4 nitrogen and oxygen atoms in total. The van der Waals surface area contributed by atoms with Crippen molar-refractivity contribution < 1.29 is 13.2 Å². The van der Waals surface area contributed by atoms with Crippen LogP contribution in [-0.2, 0) is 9.84 Å². The van der Waals surface area contributed by atoms with Gasteiger partial charge >= 0.3 is 0 Å². The normalized spacial score (nSPS) is 11.2. The summed E-state index contributed by atoms with van der Waals surface area (Å²) in [5.74, 6) is -0.310. The van der Waals surface area contributed by atoms with Gasteiger partial charge in [0.05, 0.1) is 10.6 Å². The molecular weight excluding hydrogens is 425 g/mol. The molecule has 0 atom stereocenters. The molecule has 2 aromatic rings. The Balaban J connectivity index is 2.21. The summed E-state index contributed by atoms with van der Waals surface area (Å²) in [5.41, 5.74) is 1.03.